The second-order valence-corrected chi connectivity index (χ2v) is 3.04. The van der Waals surface area contributed by atoms with Crippen molar-refractivity contribution < 1.29 is 19.7 Å². The number of carbonyl (C=O) groups is 1. The lowest BCUT2D eigenvalue weighted by Gasteiger charge is -2.09. The zero-order valence-corrected chi connectivity index (χ0v) is 7.23. The molecule has 0 aromatic heterocycles. The van der Waals surface area contributed by atoms with Gasteiger partial charge in [-0.2, -0.15) is 0 Å². The van der Waals surface area contributed by atoms with Gasteiger partial charge in [0.25, 0.3) is 0 Å². The van der Waals surface area contributed by atoms with E-state index in [1.54, 1.807) is 0 Å². The normalized spacial score (nSPS) is 20.3. The molecule has 1 fully saturated rings. The molecular weight excluding hydrogens is 186 g/mol. The molecule has 5 nitrogen and oxygen atoms in total. The first kappa shape index (κ1) is 8.68. The summed E-state index contributed by atoms with van der Waals surface area (Å²) >= 11 is 0. The zero-order chi connectivity index (χ0) is 10.1. The van der Waals surface area contributed by atoms with Gasteiger partial charge in [-0.25, -0.2) is 4.79 Å². The van der Waals surface area contributed by atoms with E-state index in [2.05, 4.69) is 10.1 Å². The van der Waals surface area contributed by atoms with Crippen LogP contribution in [0.15, 0.2) is 18.2 Å². The number of cyclic esters (lactones) is 1. The lowest BCUT2D eigenvalue weighted by Crippen LogP contribution is -2.18. The number of hydrogen-bond donors (Lipinski definition) is 3. The Labute approximate surface area is 79.9 Å². The number of carbonyl (C=O) groups excluding carboxylic acids is 1. The molecule has 74 valence electrons. The van der Waals surface area contributed by atoms with E-state index in [0.29, 0.717) is 5.56 Å². The average Bonchev–Trinajstić information content (AvgIpc) is 2.56. The maximum Gasteiger partial charge on any atom is 0.407 e. The van der Waals surface area contributed by atoms with Crippen LogP contribution in [0.4, 0.5) is 4.79 Å². The van der Waals surface area contributed by atoms with Crippen molar-refractivity contribution in [2.24, 2.45) is 0 Å². The first-order valence-electron chi connectivity index (χ1n) is 4.12. The molecular formula is C9H9NO4. The zero-order valence-electron chi connectivity index (χ0n) is 7.23. The van der Waals surface area contributed by atoms with Gasteiger partial charge in [0.05, 0.1) is 6.04 Å². The highest BCUT2D eigenvalue weighted by molar-refractivity contribution is 5.70. The summed E-state index contributed by atoms with van der Waals surface area (Å²) in [5, 5.41) is 21.2. The van der Waals surface area contributed by atoms with Gasteiger partial charge in [0.15, 0.2) is 0 Å². The maximum absolute atomic E-state index is 10.7. The van der Waals surface area contributed by atoms with Crippen LogP contribution in [0.1, 0.15) is 11.6 Å². The predicted molar refractivity (Wildman–Crippen MR) is 47.0 cm³/mol. The first-order valence-corrected chi connectivity index (χ1v) is 4.12. The number of rotatable bonds is 1. The van der Waals surface area contributed by atoms with Crippen LogP contribution in [-0.4, -0.2) is 22.9 Å². The van der Waals surface area contributed by atoms with E-state index in [1.807, 2.05) is 0 Å². The Balaban J connectivity index is 2.31. The van der Waals surface area contributed by atoms with Crippen LogP contribution in [0.5, 0.6) is 11.5 Å². The lowest BCUT2D eigenvalue weighted by molar-refractivity contribution is 0.177. The first-order chi connectivity index (χ1) is 6.66. The molecule has 1 aliphatic heterocycles. The second-order valence-electron chi connectivity index (χ2n) is 3.04. The molecule has 3 N–H and O–H groups in total. The molecule has 1 atom stereocenters. The third-order valence-electron chi connectivity index (χ3n) is 2.06. The van der Waals surface area contributed by atoms with E-state index >= 15 is 0 Å². The number of benzene rings is 1. The van der Waals surface area contributed by atoms with Gasteiger partial charge in [0.1, 0.15) is 18.1 Å². The van der Waals surface area contributed by atoms with Gasteiger partial charge in [-0.3, -0.25) is 0 Å². The van der Waals surface area contributed by atoms with Crippen LogP contribution in [0, 0.1) is 0 Å². The SMILES string of the molecule is O=C1N[C@@H](c2cc(O)ccc2O)CO1. The van der Waals surface area contributed by atoms with Crippen LogP contribution in [0.25, 0.3) is 0 Å². The second kappa shape index (κ2) is 3.10. The number of alkyl carbamates (subject to hydrolysis) is 1. The molecule has 14 heavy (non-hydrogen) atoms. The van der Waals surface area contributed by atoms with Gasteiger partial charge in [0.2, 0.25) is 0 Å². The standard InChI is InChI=1S/C9H9NO4/c11-5-1-2-8(12)6(3-5)7-4-14-9(13)10-7/h1-3,7,11-12H,4H2,(H,10,13)/t7-/m1/s1. The predicted octanol–water partition coefficient (Wildman–Crippen LogP) is 0.879. The molecule has 1 aromatic carbocycles. The number of phenols is 2. The molecule has 1 heterocycles. The summed E-state index contributed by atoms with van der Waals surface area (Å²) in [4.78, 5) is 10.7. The largest absolute Gasteiger partial charge is 0.508 e. The van der Waals surface area contributed by atoms with Crippen molar-refractivity contribution in [2.75, 3.05) is 6.61 Å². The number of ether oxygens (including phenoxy) is 1. The quantitative estimate of drug-likeness (QED) is 0.581. The molecule has 5 heteroatoms. The molecule has 1 amide bonds. The lowest BCUT2D eigenvalue weighted by atomic mass is 10.1. The average molecular weight is 195 g/mol. The monoisotopic (exact) mass is 195 g/mol. The van der Waals surface area contributed by atoms with Crippen molar-refractivity contribution >= 4 is 6.09 Å². The van der Waals surface area contributed by atoms with Crippen LogP contribution < -0.4 is 5.32 Å². The van der Waals surface area contributed by atoms with Crippen LogP contribution in [-0.2, 0) is 4.74 Å². The van der Waals surface area contributed by atoms with Crippen molar-refractivity contribution in [3.63, 3.8) is 0 Å². The van der Waals surface area contributed by atoms with Gasteiger partial charge >= 0.3 is 6.09 Å². The molecule has 1 saturated heterocycles. The highest BCUT2D eigenvalue weighted by Gasteiger charge is 2.26. The van der Waals surface area contributed by atoms with Crippen LogP contribution in [0.3, 0.4) is 0 Å². The summed E-state index contributed by atoms with van der Waals surface area (Å²) in [6.07, 6.45) is -0.516. The fraction of sp³-hybridized carbons (Fsp3) is 0.222. The van der Waals surface area contributed by atoms with Crippen molar-refractivity contribution in [3.05, 3.63) is 23.8 Å². The minimum absolute atomic E-state index is 0.0265. The van der Waals surface area contributed by atoms with Crippen LogP contribution in [0.2, 0.25) is 0 Å². The van der Waals surface area contributed by atoms with E-state index in [4.69, 9.17) is 0 Å². The summed E-state index contributed by atoms with van der Waals surface area (Å²) < 4.78 is 4.67. The van der Waals surface area contributed by atoms with Gasteiger partial charge in [-0.1, -0.05) is 0 Å². The number of nitrogens with one attached hydrogen (secondary N) is 1. The third kappa shape index (κ3) is 1.44. The number of hydrogen-bond acceptors (Lipinski definition) is 4. The smallest absolute Gasteiger partial charge is 0.407 e. The minimum Gasteiger partial charge on any atom is -0.508 e. The van der Waals surface area contributed by atoms with Gasteiger partial charge < -0.3 is 20.3 Å². The molecule has 0 unspecified atom stereocenters. The number of aromatic hydroxyl groups is 2. The Bertz CT molecular complexity index is 377. The fourth-order valence-electron chi connectivity index (χ4n) is 1.37. The van der Waals surface area contributed by atoms with Gasteiger partial charge in [0, 0.05) is 5.56 Å². The molecule has 2 rings (SSSR count). The van der Waals surface area contributed by atoms with E-state index in [0.717, 1.165) is 0 Å². The molecule has 0 aliphatic carbocycles. The summed E-state index contributed by atoms with van der Waals surface area (Å²) in [6, 6.07) is 3.75. The highest BCUT2D eigenvalue weighted by Crippen LogP contribution is 2.29. The van der Waals surface area contributed by atoms with Crippen LogP contribution >= 0.6 is 0 Å². The van der Waals surface area contributed by atoms with E-state index < -0.39 is 12.1 Å². The Morgan fingerprint density at radius 1 is 1.43 bits per heavy atom. The van der Waals surface area contributed by atoms with E-state index in [1.165, 1.54) is 18.2 Å². The summed E-state index contributed by atoms with van der Waals surface area (Å²) in [5.74, 6) is 0.0672. The third-order valence-corrected chi connectivity index (χ3v) is 2.06. The van der Waals surface area contributed by atoms with E-state index in [-0.39, 0.29) is 18.1 Å². The van der Waals surface area contributed by atoms with Crippen molar-refractivity contribution in [1.29, 1.82) is 0 Å². The fourth-order valence-corrected chi connectivity index (χ4v) is 1.37. The summed E-state index contributed by atoms with van der Waals surface area (Å²) in [7, 11) is 0. The summed E-state index contributed by atoms with van der Waals surface area (Å²) in [5.41, 5.74) is 0.454. The van der Waals surface area contributed by atoms with Gasteiger partial charge in [-0.15, -0.1) is 0 Å². The van der Waals surface area contributed by atoms with Crippen molar-refractivity contribution in [1.82, 2.24) is 5.32 Å². The molecule has 0 spiro atoms. The molecule has 1 aliphatic rings. The van der Waals surface area contributed by atoms with Crippen molar-refractivity contribution in [3.8, 4) is 11.5 Å². The van der Waals surface area contributed by atoms with Crippen molar-refractivity contribution in [2.45, 2.75) is 6.04 Å². The minimum atomic E-state index is -0.516. The summed E-state index contributed by atoms with van der Waals surface area (Å²) in [6.45, 7) is 0.163. The number of amides is 1. The molecule has 1 aromatic rings. The number of phenolic OH excluding ortho intramolecular Hbond substituents is 2. The molecule has 0 bridgehead atoms. The molecule has 0 radical (unpaired) electrons. The Hall–Kier alpha value is -1.91. The van der Waals surface area contributed by atoms with E-state index in [9.17, 15) is 15.0 Å². The van der Waals surface area contributed by atoms with Gasteiger partial charge in [-0.05, 0) is 18.2 Å². The highest BCUT2D eigenvalue weighted by atomic mass is 16.6. The Kier molecular flexibility index (Phi) is 1.92. The topological polar surface area (TPSA) is 78.8 Å². The maximum atomic E-state index is 10.7. The Morgan fingerprint density at radius 3 is 2.86 bits per heavy atom. The molecule has 0 saturated carbocycles. The Morgan fingerprint density at radius 2 is 2.21 bits per heavy atom.